The first-order valence-electron chi connectivity index (χ1n) is 12.0. The Labute approximate surface area is 192 Å². The van der Waals surface area contributed by atoms with Crippen molar-refractivity contribution < 1.29 is 4.42 Å². The van der Waals surface area contributed by atoms with Gasteiger partial charge in [-0.3, -0.25) is 0 Å². The molecule has 0 spiro atoms. The highest BCUT2D eigenvalue weighted by atomic mass is 16.3. The lowest BCUT2D eigenvalue weighted by atomic mass is 9.63. The summed E-state index contributed by atoms with van der Waals surface area (Å²) in [6.07, 6.45) is 3.48. The fraction of sp³-hybridized carbons (Fsp3) is 0.400. The van der Waals surface area contributed by atoms with Gasteiger partial charge in [-0.2, -0.15) is 0 Å². The van der Waals surface area contributed by atoms with Gasteiger partial charge in [0, 0.05) is 16.5 Å². The SMILES string of the molecule is CCc1cc(C)c(Nc2cccc3c2oc2cc4c(cc23)C(C)(C)CCC4(C)C)cc1C. The number of fused-ring (bicyclic) bond motifs is 4. The quantitative estimate of drug-likeness (QED) is 0.354. The average molecular weight is 426 g/mol. The minimum absolute atomic E-state index is 0.175. The van der Waals surface area contributed by atoms with Crippen molar-refractivity contribution >= 4 is 33.3 Å². The van der Waals surface area contributed by atoms with E-state index >= 15 is 0 Å². The second-order valence-corrected chi connectivity index (χ2v) is 11.0. The van der Waals surface area contributed by atoms with Gasteiger partial charge in [-0.05, 0) is 96.0 Å². The second-order valence-electron chi connectivity index (χ2n) is 11.0. The Balaban J connectivity index is 1.68. The fourth-order valence-corrected chi connectivity index (χ4v) is 5.49. The maximum absolute atomic E-state index is 6.54. The predicted octanol–water partition coefficient (Wildman–Crippen LogP) is 8.86. The molecule has 1 aromatic heterocycles. The Bertz CT molecular complexity index is 1350. The lowest BCUT2D eigenvalue weighted by molar-refractivity contribution is 0.332. The molecular weight excluding hydrogens is 390 g/mol. The van der Waals surface area contributed by atoms with Crippen LogP contribution in [0.3, 0.4) is 0 Å². The first-order chi connectivity index (χ1) is 15.1. The first-order valence-corrected chi connectivity index (χ1v) is 12.0. The maximum Gasteiger partial charge on any atom is 0.158 e. The summed E-state index contributed by atoms with van der Waals surface area (Å²) in [7, 11) is 0. The van der Waals surface area contributed by atoms with Gasteiger partial charge in [0.15, 0.2) is 5.58 Å². The van der Waals surface area contributed by atoms with Crippen molar-refractivity contribution in [1.82, 2.24) is 0 Å². The largest absolute Gasteiger partial charge is 0.454 e. The van der Waals surface area contributed by atoms with E-state index in [1.54, 1.807) is 0 Å². The zero-order valence-electron chi connectivity index (χ0n) is 20.6. The molecule has 1 aliphatic rings. The molecule has 1 N–H and O–H groups in total. The van der Waals surface area contributed by atoms with E-state index in [-0.39, 0.29) is 10.8 Å². The summed E-state index contributed by atoms with van der Waals surface area (Å²) in [4.78, 5) is 0. The lowest BCUT2D eigenvalue weighted by Gasteiger charge is -2.41. The average Bonchev–Trinajstić information content (AvgIpc) is 3.12. The van der Waals surface area contributed by atoms with Crippen LogP contribution in [-0.2, 0) is 17.3 Å². The standard InChI is InChI=1S/C30H35NO/c1-8-20-14-19(3)26(15-18(20)2)31-25-11-9-10-21-22-16-23-24(17-27(22)32-28(21)25)30(6,7)13-12-29(23,4)5/h9-11,14-17,31H,8,12-13H2,1-7H3. The summed E-state index contributed by atoms with van der Waals surface area (Å²) in [6.45, 7) is 16.1. The van der Waals surface area contributed by atoms with Crippen molar-refractivity contribution in [2.75, 3.05) is 5.32 Å². The van der Waals surface area contributed by atoms with Gasteiger partial charge < -0.3 is 9.73 Å². The monoisotopic (exact) mass is 425 g/mol. The molecule has 1 aliphatic carbocycles. The van der Waals surface area contributed by atoms with Crippen molar-refractivity contribution in [3.63, 3.8) is 0 Å². The second kappa shape index (κ2) is 7.13. The van der Waals surface area contributed by atoms with Gasteiger partial charge in [-0.15, -0.1) is 0 Å². The Hall–Kier alpha value is -2.74. The molecule has 0 unspecified atom stereocenters. The number of furan rings is 1. The Kier molecular flexibility index (Phi) is 4.71. The van der Waals surface area contributed by atoms with Gasteiger partial charge in [0.1, 0.15) is 5.58 Å². The van der Waals surface area contributed by atoms with Crippen molar-refractivity contribution in [2.45, 2.75) is 78.6 Å². The number of aryl methyl sites for hydroxylation is 3. The van der Waals surface area contributed by atoms with Crippen LogP contribution >= 0.6 is 0 Å². The highest BCUT2D eigenvalue weighted by Gasteiger charge is 2.37. The molecule has 4 aromatic rings. The van der Waals surface area contributed by atoms with E-state index in [1.807, 2.05) is 0 Å². The van der Waals surface area contributed by atoms with Crippen molar-refractivity contribution in [3.05, 3.63) is 70.3 Å². The summed E-state index contributed by atoms with van der Waals surface area (Å²) in [6, 6.07) is 15.7. The fourth-order valence-electron chi connectivity index (χ4n) is 5.49. The van der Waals surface area contributed by atoms with E-state index < -0.39 is 0 Å². The summed E-state index contributed by atoms with van der Waals surface area (Å²) in [5.74, 6) is 0. The third kappa shape index (κ3) is 3.23. The van der Waals surface area contributed by atoms with Crippen LogP contribution in [-0.4, -0.2) is 0 Å². The van der Waals surface area contributed by atoms with E-state index in [0.717, 1.165) is 29.0 Å². The normalized spacial score (nSPS) is 17.0. The topological polar surface area (TPSA) is 25.2 Å². The molecule has 166 valence electrons. The highest BCUT2D eigenvalue weighted by Crippen LogP contribution is 2.48. The number of hydrogen-bond donors (Lipinski definition) is 1. The van der Waals surface area contributed by atoms with Gasteiger partial charge in [0.05, 0.1) is 5.69 Å². The smallest absolute Gasteiger partial charge is 0.158 e. The van der Waals surface area contributed by atoms with Gasteiger partial charge in [0.2, 0.25) is 0 Å². The summed E-state index contributed by atoms with van der Waals surface area (Å²) in [5, 5.41) is 6.09. The molecular formula is C30H35NO. The molecule has 5 rings (SSSR count). The van der Waals surface area contributed by atoms with Crippen LogP contribution in [0.2, 0.25) is 0 Å². The van der Waals surface area contributed by atoms with Crippen LogP contribution in [0.15, 0.2) is 46.9 Å². The van der Waals surface area contributed by atoms with Crippen molar-refractivity contribution in [2.24, 2.45) is 0 Å². The first kappa shape index (κ1) is 21.1. The van der Waals surface area contributed by atoms with Crippen LogP contribution in [0, 0.1) is 13.8 Å². The van der Waals surface area contributed by atoms with E-state index in [1.165, 1.54) is 51.4 Å². The number of anilines is 2. The zero-order valence-corrected chi connectivity index (χ0v) is 20.6. The molecule has 0 fully saturated rings. The van der Waals surface area contributed by atoms with Crippen molar-refractivity contribution in [3.8, 4) is 0 Å². The molecule has 1 heterocycles. The minimum Gasteiger partial charge on any atom is -0.454 e. The van der Waals surface area contributed by atoms with E-state index in [0.29, 0.717) is 0 Å². The summed E-state index contributed by atoms with van der Waals surface area (Å²) < 4.78 is 6.54. The van der Waals surface area contributed by atoms with Crippen LogP contribution in [0.25, 0.3) is 21.9 Å². The molecule has 0 radical (unpaired) electrons. The number of rotatable bonds is 3. The number of hydrogen-bond acceptors (Lipinski definition) is 2. The molecule has 0 saturated carbocycles. The Morgan fingerprint density at radius 2 is 1.50 bits per heavy atom. The van der Waals surface area contributed by atoms with Gasteiger partial charge in [-0.25, -0.2) is 0 Å². The molecule has 32 heavy (non-hydrogen) atoms. The third-order valence-electron chi connectivity index (χ3n) is 7.80. The van der Waals surface area contributed by atoms with E-state index in [4.69, 9.17) is 4.42 Å². The van der Waals surface area contributed by atoms with Gasteiger partial charge in [-0.1, -0.05) is 52.8 Å². The molecule has 0 saturated heterocycles. The molecule has 2 heteroatoms. The molecule has 0 amide bonds. The molecule has 3 aromatic carbocycles. The summed E-state index contributed by atoms with van der Waals surface area (Å²) >= 11 is 0. The molecule has 2 nitrogen and oxygen atoms in total. The molecule has 0 aliphatic heterocycles. The minimum atomic E-state index is 0.175. The lowest BCUT2D eigenvalue weighted by Crippen LogP contribution is -2.33. The zero-order chi connectivity index (χ0) is 22.8. The van der Waals surface area contributed by atoms with Crippen LogP contribution in [0.4, 0.5) is 11.4 Å². The van der Waals surface area contributed by atoms with Gasteiger partial charge in [0.25, 0.3) is 0 Å². The van der Waals surface area contributed by atoms with Crippen LogP contribution in [0.1, 0.15) is 75.3 Å². The van der Waals surface area contributed by atoms with Crippen LogP contribution in [0.5, 0.6) is 0 Å². The molecule has 0 bridgehead atoms. The number of nitrogens with one attached hydrogen (secondary N) is 1. The number of para-hydroxylation sites is 1. The Morgan fingerprint density at radius 1 is 0.812 bits per heavy atom. The van der Waals surface area contributed by atoms with Crippen LogP contribution < -0.4 is 5.32 Å². The summed E-state index contributed by atoms with van der Waals surface area (Å²) in [5.41, 5.74) is 11.4. The molecule has 0 atom stereocenters. The van der Waals surface area contributed by atoms with E-state index in [2.05, 4.69) is 96.2 Å². The maximum atomic E-state index is 6.54. The predicted molar refractivity (Wildman–Crippen MR) is 138 cm³/mol. The van der Waals surface area contributed by atoms with Gasteiger partial charge >= 0.3 is 0 Å². The highest BCUT2D eigenvalue weighted by molar-refractivity contribution is 6.09. The Morgan fingerprint density at radius 3 is 2.19 bits per heavy atom. The van der Waals surface area contributed by atoms with E-state index in [9.17, 15) is 0 Å². The van der Waals surface area contributed by atoms with Crippen molar-refractivity contribution in [1.29, 1.82) is 0 Å². The number of benzene rings is 3. The third-order valence-corrected chi connectivity index (χ3v) is 7.80.